The molecule has 1 aromatic rings. The van der Waals surface area contributed by atoms with Crippen LogP contribution >= 0.6 is 34.2 Å². The summed E-state index contributed by atoms with van der Waals surface area (Å²) in [5.41, 5.74) is 1.07. The highest BCUT2D eigenvalue weighted by atomic mass is 127. The Bertz CT molecular complexity index is 286. The summed E-state index contributed by atoms with van der Waals surface area (Å²) in [7, 11) is 0. The molecule has 12 heavy (non-hydrogen) atoms. The maximum absolute atomic E-state index is 5.61. The second-order valence-corrected chi connectivity index (χ2v) is 4.16. The summed E-state index contributed by atoms with van der Waals surface area (Å²) in [4.78, 5) is 0. The fraction of sp³-hybridized carbons (Fsp3) is 0.111. The Morgan fingerprint density at radius 3 is 2.92 bits per heavy atom. The molecule has 0 heterocycles. The van der Waals surface area contributed by atoms with E-state index in [0.29, 0.717) is 11.6 Å². The first kappa shape index (κ1) is 9.86. The smallest absolute Gasteiger partial charge is 0.0501 e. The number of benzene rings is 1. The molecule has 0 saturated carbocycles. The highest BCUT2D eigenvalue weighted by Crippen LogP contribution is 2.12. The Labute approximate surface area is 91.0 Å². The van der Waals surface area contributed by atoms with Gasteiger partial charge in [0.25, 0.3) is 0 Å². The standard InChI is InChI=1S/C9H9ClIN/c1-7(10)6-12-9-4-2-3-8(11)5-9/h2-5,12H,1,6H2. The molecule has 0 aliphatic heterocycles. The Kier molecular flexibility index (Phi) is 3.88. The monoisotopic (exact) mass is 293 g/mol. The topological polar surface area (TPSA) is 12.0 Å². The minimum Gasteiger partial charge on any atom is -0.380 e. The number of hydrogen-bond donors (Lipinski definition) is 1. The van der Waals surface area contributed by atoms with E-state index in [9.17, 15) is 0 Å². The fourth-order valence-electron chi connectivity index (χ4n) is 0.796. The van der Waals surface area contributed by atoms with Crippen LogP contribution in [0.1, 0.15) is 0 Å². The van der Waals surface area contributed by atoms with Crippen LogP contribution in [0.5, 0.6) is 0 Å². The summed E-state index contributed by atoms with van der Waals surface area (Å²) in [6, 6.07) is 8.10. The van der Waals surface area contributed by atoms with Gasteiger partial charge in [0.15, 0.2) is 0 Å². The van der Waals surface area contributed by atoms with Gasteiger partial charge in [0, 0.05) is 14.3 Å². The number of anilines is 1. The van der Waals surface area contributed by atoms with Gasteiger partial charge in [-0.05, 0) is 40.8 Å². The van der Waals surface area contributed by atoms with Crippen LogP contribution in [0, 0.1) is 3.57 Å². The molecule has 1 nitrogen and oxygen atoms in total. The molecule has 0 saturated heterocycles. The second-order valence-electron chi connectivity index (χ2n) is 2.38. The molecule has 0 bridgehead atoms. The van der Waals surface area contributed by atoms with Crippen molar-refractivity contribution < 1.29 is 0 Å². The van der Waals surface area contributed by atoms with E-state index in [-0.39, 0.29) is 0 Å². The Hall–Kier alpha value is -0.220. The lowest BCUT2D eigenvalue weighted by atomic mass is 10.3. The highest BCUT2D eigenvalue weighted by molar-refractivity contribution is 14.1. The van der Waals surface area contributed by atoms with Crippen LogP contribution in [0.2, 0.25) is 0 Å². The molecule has 1 rings (SSSR count). The maximum atomic E-state index is 5.61. The van der Waals surface area contributed by atoms with Gasteiger partial charge < -0.3 is 5.32 Å². The molecule has 0 aliphatic rings. The van der Waals surface area contributed by atoms with Crippen molar-refractivity contribution in [2.75, 3.05) is 11.9 Å². The molecule has 1 aromatic carbocycles. The van der Waals surface area contributed by atoms with E-state index in [1.54, 1.807) is 0 Å². The normalized spacial score (nSPS) is 9.50. The van der Waals surface area contributed by atoms with Crippen molar-refractivity contribution in [3.63, 3.8) is 0 Å². The van der Waals surface area contributed by atoms with E-state index in [4.69, 9.17) is 11.6 Å². The zero-order valence-corrected chi connectivity index (χ0v) is 9.39. The SMILES string of the molecule is C=C(Cl)CNc1cccc(I)c1. The largest absolute Gasteiger partial charge is 0.380 e. The van der Waals surface area contributed by atoms with E-state index < -0.39 is 0 Å². The summed E-state index contributed by atoms with van der Waals surface area (Å²) in [5, 5.41) is 3.77. The number of rotatable bonds is 3. The lowest BCUT2D eigenvalue weighted by Crippen LogP contribution is -2.00. The van der Waals surface area contributed by atoms with Crippen molar-refractivity contribution in [3.05, 3.63) is 39.4 Å². The van der Waals surface area contributed by atoms with Gasteiger partial charge in [-0.3, -0.25) is 0 Å². The number of hydrogen-bond acceptors (Lipinski definition) is 1. The maximum Gasteiger partial charge on any atom is 0.0501 e. The Morgan fingerprint density at radius 1 is 1.58 bits per heavy atom. The van der Waals surface area contributed by atoms with Gasteiger partial charge in [0.2, 0.25) is 0 Å². The third-order valence-electron chi connectivity index (χ3n) is 1.31. The molecule has 0 atom stereocenters. The fourth-order valence-corrected chi connectivity index (χ4v) is 1.41. The lowest BCUT2D eigenvalue weighted by molar-refractivity contribution is 1.31. The second kappa shape index (κ2) is 4.72. The van der Waals surface area contributed by atoms with Gasteiger partial charge in [-0.25, -0.2) is 0 Å². The first-order valence-corrected chi connectivity index (χ1v) is 4.97. The van der Waals surface area contributed by atoms with Gasteiger partial charge in [-0.2, -0.15) is 0 Å². The minimum atomic E-state index is 0.613. The van der Waals surface area contributed by atoms with Crippen LogP contribution in [0.4, 0.5) is 5.69 Å². The van der Waals surface area contributed by atoms with E-state index in [2.05, 4.69) is 40.6 Å². The molecule has 1 N–H and O–H groups in total. The van der Waals surface area contributed by atoms with Crippen molar-refractivity contribution in [3.8, 4) is 0 Å². The van der Waals surface area contributed by atoms with Crippen molar-refractivity contribution in [1.82, 2.24) is 0 Å². The molecule has 0 spiro atoms. The van der Waals surface area contributed by atoms with E-state index in [1.807, 2.05) is 18.2 Å². The van der Waals surface area contributed by atoms with Crippen LogP contribution in [0.25, 0.3) is 0 Å². The summed E-state index contributed by atoms with van der Waals surface area (Å²) in [6.45, 7) is 4.21. The molecular formula is C9H9ClIN. The third-order valence-corrected chi connectivity index (χ3v) is 2.11. The molecule has 0 aromatic heterocycles. The molecular weight excluding hydrogens is 284 g/mol. The summed E-state index contributed by atoms with van der Waals surface area (Å²) in [5.74, 6) is 0. The van der Waals surface area contributed by atoms with E-state index >= 15 is 0 Å². The summed E-state index contributed by atoms with van der Waals surface area (Å²) in [6.07, 6.45) is 0. The van der Waals surface area contributed by atoms with Crippen molar-refractivity contribution >= 4 is 39.9 Å². The van der Waals surface area contributed by atoms with Crippen LogP contribution in [-0.4, -0.2) is 6.54 Å². The molecule has 0 amide bonds. The van der Waals surface area contributed by atoms with Crippen LogP contribution < -0.4 is 5.32 Å². The molecule has 0 unspecified atom stereocenters. The third kappa shape index (κ3) is 3.45. The van der Waals surface area contributed by atoms with Crippen molar-refractivity contribution in [1.29, 1.82) is 0 Å². The first-order chi connectivity index (χ1) is 5.68. The Morgan fingerprint density at radius 2 is 2.33 bits per heavy atom. The van der Waals surface area contributed by atoms with Gasteiger partial charge in [-0.1, -0.05) is 24.2 Å². The van der Waals surface area contributed by atoms with E-state index in [1.165, 1.54) is 3.57 Å². The lowest BCUT2D eigenvalue weighted by Gasteiger charge is -2.04. The van der Waals surface area contributed by atoms with Crippen LogP contribution in [-0.2, 0) is 0 Å². The summed E-state index contributed by atoms with van der Waals surface area (Å²) >= 11 is 7.88. The minimum absolute atomic E-state index is 0.613. The molecule has 0 radical (unpaired) electrons. The van der Waals surface area contributed by atoms with Gasteiger partial charge in [0.05, 0.1) is 6.54 Å². The first-order valence-electron chi connectivity index (χ1n) is 3.51. The van der Waals surface area contributed by atoms with Gasteiger partial charge in [-0.15, -0.1) is 0 Å². The zero-order valence-electron chi connectivity index (χ0n) is 6.48. The van der Waals surface area contributed by atoms with Crippen molar-refractivity contribution in [2.45, 2.75) is 0 Å². The molecule has 0 aliphatic carbocycles. The van der Waals surface area contributed by atoms with Crippen LogP contribution in [0.15, 0.2) is 35.9 Å². The number of halogens is 2. The predicted molar refractivity (Wildman–Crippen MR) is 62.6 cm³/mol. The highest BCUT2D eigenvalue weighted by Gasteiger charge is 1.92. The quantitative estimate of drug-likeness (QED) is 0.842. The Balaban J connectivity index is 2.57. The average molecular weight is 294 g/mol. The van der Waals surface area contributed by atoms with Crippen molar-refractivity contribution in [2.24, 2.45) is 0 Å². The van der Waals surface area contributed by atoms with Gasteiger partial charge in [0.1, 0.15) is 0 Å². The van der Waals surface area contributed by atoms with Crippen LogP contribution in [0.3, 0.4) is 0 Å². The summed E-state index contributed by atoms with van der Waals surface area (Å²) < 4.78 is 1.21. The molecule has 64 valence electrons. The van der Waals surface area contributed by atoms with E-state index in [0.717, 1.165) is 5.69 Å². The predicted octanol–water partition coefficient (Wildman–Crippen LogP) is 3.46. The molecule has 3 heteroatoms. The molecule has 0 fully saturated rings. The zero-order chi connectivity index (χ0) is 8.97. The average Bonchev–Trinajstić information content (AvgIpc) is 2.01. The number of nitrogens with one attached hydrogen (secondary N) is 1. The van der Waals surface area contributed by atoms with Gasteiger partial charge >= 0.3 is 0 Å².